The van der Waals surface area contributed by atoms with Crippen LogP contribution >= 0.6 is 0 Å². The summed E-state index contributed by atoms with van der Waals surface area (Å²) in [7, 11) is 0. The molecule has 0 fully saturated rings. The van der Waals surface area contributed by atoms with E-state index in [4.69, 9.17) is 0 Å². The third-order valence-electron chi connectivity index (χ3n) is 13.0. The quantitative estimate of drug-likeness (QED) is 0.118. The van der Waals surface area contributed by atoms with Crippen LogP contribution in [0.2, 0.25) is 0 Å². The molecule has 274 valence electrons. The molecule has 1 aliphatic carbocycles. The van der Waals surface area contributed by atoms with Gasteiger partial charge in [0.2, 0.25) is 0 Å². The van der Waals surface area contributed by atoms with E-state index in [0.29, 0.717) is 17.8 Å². The van der Waals surface area contributed by atoms with Gasteiger partial charge in [0.25, 0.3) is 0 Å². The van der Waals surface area contributed by atoms with Gasteiger partial charge in [-0.15, -0.1) is 0 Å². The Morgan fingerprint density at radius 1 is 0.298 bits per heavy atom. The molecule has 0 N–H and O–H groups in total. The van der Waals surface area contributed by atoms with E-state index in [0.717, 1.165) is 0 Å². The van der Waals surface area contributed by atoms with Gasteiger partial charge in [0.1, 0.15) is 0 Å². The Morgan fingerprint density at radius 3 is 1.32 bits per heavy atom. The highest BCUT2D eigenvalue weighted by atomic mass is 14.4. The molecule has 0 amide bonds. The van der Waals surface area contributed by atoms with Crippen molar-refractivity contribution in [2.75, 3.05) is 0 Å². The van der Waals surface area contributed by atoms with Gasteiger partial charge in [-0.25, -0.2) is 0 Å². The van der Waals surface area contributed by atoms with Crippen LogP contribution in [0.4, 0.5) is 0 Å². The molecule has 1 aliphatic rings. The molecule has 0 heterocycles. The van der Waals surface area contributed by atoms with Gasteiger partial charge in [-0.05, 0) is 168 Å². The van der Waals surface area contributed by atoms with E-state index in [1.54, 1.807) is 0 Å². The summed E-state index contributed by atoms with van der Waals surface area (Å²) in [5.74, 6) is 1.25. The van der Waals surface area contributed by atoms with Crippen molar-refractivity contribution >= 4 is 53.9 Å². The largest absolute Gasteiger partial charge is 0.0622 e. The van der Waals surface area contributed by atoms with Crippen LogP contribution in [0.3, 0.4) is 0 Å². The van der Waals surface area contributed by atoms with Crippen molar-refractivity contribution in [3.63, 3.8) is 0 Å². The normalized spacial score (nSPS) is 12.5. The van der Waals surface area contributed by atoms with Crippen molar-refractivity contribution in [2.45, 2.75) is 59.3 Å². The van der Waals surface area contributed by atoms with Gasteiger partial charge in [0, 0.05) is 0 Å². The second kappa shape index (κ2) is 12.6. The molecule has 0 saturated heterocycles. The van der Waals surface area contributed by atoms with Crippen LogP contribution in [-0.4, -0.2) is 0 Å². The molecule has 0 atom stereocenters. The SMILES string of the molecule is CC(C)c1cc(C(C)C)c(-c2cc3cccc4cc5c6c(ccc2c6c34)-c2c-5c(-c3ccccc3)c3cc4ccccc4cc3c2-c2ccccc2)c(C(C)C)c1. The highest BCUT2D eigenvalue weighted by Gasteiger charge is 2.33. The first-order valence-electron chi connectivity index (χ1n) is 20.8. The van der Waals surface area contributed by atoms with Gasteiger partial charge in [0.05, 0.1) is 0 Å². The Labute approximate surface area is 335 Å². The molecule has 10 aromatic rings. The number of fused-ring (bicyclic) bond motifs is 5. The summed E-state index contributed by atoms with van der Waals surface area (Å²) in [4.78, 5) is 0. The third kappa shape index (κ3) is 4.93. The second-order valence-corrected chi connectivity index (χ2v) is 17.4. The smallest absolute Gasteiger partial charge is 0.000719 e. The average Bonchev–Trinajstić information content (AvgIpc) is 3.55. The van der Waals surface area contributed by atoms with Crippen LogP contribution in [0.5, 0.6) is 0 Å². The summed E-state index contributed by atoms with van der Waals surface area (Å²) in [5, 5.41) is 13.3. The Morgan fingerprint density at radius 2 is 0.789 bits per heavy atom. The number of benzene rings is 10. The number of hydrogen-bond donors (Lipinski definition) is 0. The van der Waals surface area contributed by atoms with Crippen molar-refractivity contribution in [1.29, 1.82) is 0 Å². The van der Waals surface area contributed by atoms with Gasteiger partial charge in [-0.1, -0.05) is 169 Å². The van der Waals surface area contributed by atoms with Crippen molar-refractivity contribution < 1.29 is 0 Å². The summed E-state index contributed by atoms with van der Waals surface area (Å²) in [6, 6.07) is 58.0. The van der Waals surface area contributed by atoms with Crippen molar-refractivity contribution in [2.24, 2.45) is 0 Å². The maximum atomic E-state index is 2.52. The lowest BCUT2D eigenvalue weighted by atomic mass is 9.79. The van der Waals surface area contributed by atoms with Crippen molar-refractivity contribution in [3.05, 3.63) is 168 Å². The predicted molar refractivity (Wildman–Crippen MR) is 248 cm³/mol. The molecule has 0 aromatic heterocycles. The van der Waals surface area contributed by atoms with E-state index >= 15 is 0 Å². The Hall–Kier alpha value is -6.24. The molecule has 0 bridgehead atoms. The minimum Gasteiger partial charge on any atom is -0.0622 e. The molecule has 57 heavy (non-hydrogen) atoms. The maximum absolute atomic E-state index is 2.52. The summed E-state index contributed by atoms with van der Waals surface area (Å²) in [6.07, 6.45) is 0. The fourth-order valence-electron chi connectivity index (χ4n) is 10.3. The van der Waals surface area contributed by atoms with E-state index in [1.165, 1.54) is 126 Å². The zero-order valence-corrected chi connectivity index (χ0v) is 33.7. The lowest BCUT2D eigenvalue weighted by molar-refractivity contribution is 0.808. The molecule has 10 aromatic carbocycles. The Kier molecular flexibility index (Phi) is 7.55. The minimum atomic E-state index is 0.389. The molecule has 0 saturated carbocycles. The molecule has 0 unspecified atom stereocenters. The molecule has 0 spiro atoms. The van der Waals surface area contributed by atoms with Crippen molar-refractivity contribution in [3.8, 4) is 55.6 Å². The fourth-order valence-corrected chi connectivity index (χ4v) is 10.3. The summed E-state index contributed by atoms with van der Waals surface area (Å²) in [6.45, 7) is 14.1. The maximum Gasteiger partial charge on any atom is -0.000719 e. The van der Waals surface area contributed by atoms with Crippen LogP contribution in [0.1, 0.15) is 76.0 Å². The first-order chi connectivity index (χ1) is 27.8. The lowest BCUT2D eigenvalue weighted by Gasteiger charge is -2.25. The Balaban J connectivity index is 1.36. The zero-order valence-electron chi connectivity index (χ0n) is 33.7. The van der Waals surface area contributed by atoms with Crippen molar-refractivity contribution in [1.82, 2.24) is 0 Å². The van der Waals surface area contributed by atoms with Crippen LogP contribution in [0.25, 0.3) is 109 Å². The zero-order chi connectivity index (χ0) is 38.7. The van der Waals surface area contributed by atoms with E-state index in [1.807, 2.05) is 0 Å². The highest BCUT2D eigenvalue weighted by Crippen LogP contribution is 2.60. The van der Waals surface area contributed by atoms with Crippen LogP contribution in [0.15, 0.2) is 152 Å². The van der Waals surface area contributed by atoms with Crippen LogP contribution in [-0.2, 0) is 0 Å². The monoisotopic (exact) mass is 730 g/mol. The first-order valence-corrected chi connectivity index (χ1v) is 20.8. The van der Waals surface area contributed by atoms with Crippen LogP contribution < -0.4 is 0 Å². The minimum absolute atomic E-state index is 0.389. The van der Waals surface area contributed by atoms with E-state index < -0.39 is 0 Å². The molecule has 0 aliphatic heterocycles. The first kappa shape index (κ1) is 34.0. The summed E-state index contributed by atoms with van der Waals surface area (Å²) in [5.41, 5.74) is 17.7. The number of rotatable bonds is 6. The predicted octanol–water partition coefficient (Wildman–Crippen LogP) is 16.9. The second-order valence-electron chi connectivity index (χ2n) is 17.4. The van der Waals surface area contributed by atoms with Gasteiger partial charge in [0.15, 0.2) is 0 Å². The standard InChI is InChI=1S/C57H46/c1-32(2)41-30-44(33(3)4)53(45(31-41)34(5)6)46-28-39-22-15-23-40-29-49-54-43(25-24-42(46)55(54)50(39)40)56-51(35-16-9-7-10-17-35)47-26-37-20-13-14-21-38(37)27-48(47)52(57(49)56)36-18-11-8-12-19-36/h7-34H,1-6H3. The molecule has 0 nitrogen and oxygen atoms in total. The van der Waals surface area contributed by atoms with Crippen LogP contribution in [0, 0.1) is 0 Å². The fraction of sp³-hybridized carbons (Fsp3) is 0.158. The average molecular weight is 731 g/mol. The molecule has 0 radical (unpaired) electrons. The van der Waals surface area contributed by atoms with Gasteiger partial charge < -0.3 is 0 Å². The Bertz CT molecular complexity index is 3200. The molecular weight excluding hydrogens is 685 g/mol. The summed E-state index contributed by atoms with van der Waals surface area (Å²) >= 11 is 0. The molecule has 11 rings (SSSR count). The van der Waals surface area contributed by atoms with E-state index in [2.05, 4.69) is 193 Å². The lowest BCUT2D eigenvalue weighted by Crippen LogP contribution is -2.04. The van der Waals surface area contributed by atoms with Gasteiger partial charge in [-0.2, -0.15) is 0 Å². The topological polar surface area (TPSA) is 0 Å². The molecule has 0 heteroatoms. The molecular formula is C57H46. The highest BCUT2D eigenvalue weighted by molar-refractivity contribution is 6.37. The third-order valence-corrected chi connectivity index (χ3v) is 13.0. The van der Waals surface area contributed by atoms with E-state index in [-0.39, 0.29) is 0 Å². The number of hydrogen-bond acceptors (Lipinski definition) is 0. The summed E-state index contributed by atoms with van der Waals surface area (Å²) < 4.78 is 0. The van der Waals surface area contributed by atoms with Gasteiger partial charge in [-0.3, -0.25) is 0 Å². The van der Waals surface area contributed by atoms with E-state index in [9.17, 15) is 0 Å². The van der Waals surface area contributed by atoms with Gasteiger partial charge >= 0.3 is 0 Å².